The van der Waals surface area contributed by atoms with Crippen molar-refractivity contribution in [3.05, 3.63) is 96.9 Å². The van der Waals surface area contributed by atoms with Crippen molar-refractivity contribution in [1.29, 1.82) is 0 Å². The molecule has 1 atom stereocenters. The molecule has 15 heteroatoms. The van der Waals surface area contributed by atoms with Gasteiger partial charge in [0.1, 0.15) is 16.1 Å². The first-order chi connectivity index (χ1) is 19.3. The van der Waals surface area contributed by atoms with Gasteiger partial charge in [-0.15, -0.1) is 0 Å². The van der Waals surface area contributed by atoms with Crippen LogP contribution < -0.4 is 14.2 Å². The fourth-order valence-corrected chi connectivity index (χ4v) is 4.41. The molecule has 1 heterocycles. The van der Waals surface area contributed by atoms with Crippen molar-refractivity contribution < 1.29 is 47.7 Å². The summed E-state index contributed by atoms with van der Waals surface area (Å²) in [5.74, 6) is -4.93. The quantitative estimate of drug-likeness (QED) is 0.0743. The minimum absolute atomic E-state index is 0.0759. The number of nitro benzene ring substituents is 1. The number of non-ortho nitro benzene ring substituents is 1. The molecule has 218 valence electrons. The van der Waals surface area contributed by atoms with Crippen molar-refractivity contribution in [3.63, 3.8) is 0 Å². The summed E-state index contributed by atoms with van der Waals surface area (Å²) in [4.78, 5) is 23.3. The first-order valence-corrected chi connectivity index (χ1v) is 12.8. The van der Waals surface area contributed by atoms with Crippen LogP contribution in [0.3, 0.4) is 0 Å². The Hall–Kier alpha value is -3.78. The Morgan fingerprint density at radius 3 is 2.29 bits per heavy atom. The van der Waals surface area contributed by atoms with Gasteiger partial charge in [-0.05, 0) is 48.6 Å². The Kier molecular flexibility index (Phi) is 9.12. The second-order valence-corrected chi connectivity index (χ2v) is 10.0. The van der Waals surface area contributed by atoms with Gasteiger partial charge < -0.3 is 29.6 Å². The Labute approximate surface area is 241 Å². The maximum atomic E-state index is 13.1. The zero-order valence-corrected chi connectivity index (χ0v) is 22.4. The zero-order valence-electron chi connectivity index (χ0n) is 20.9. The molecule has 3 aromatic rings. The molecule has 1 aromatic heterocycles. The molecule has 0 saturated heterocycles. The molecule has 11 nitrogen and oxygen atoms in total. The van der Waals surface area contributed by atoms with Gasteiger partial charge in [0, 0.05) is 29.7 Å². The summed E-state index contributed by atoms with van der Waals surface area (Å²) in [6, 6.07) is 7.62. The van der Waals surface area contributed by atoms with E-state index in [1.165, 1.54) is 18.2 Å². The minimum Gasteiger partial charge on any atom is -0.619 e. The molecule has 4 rings (SSSR count). The summed E-state index contributed by atoms with van der Waals surface area (Å²) in [5, 5.41) is 43.7. The highest BCUT2D eigenvalue weighted by molar-refractivity contribution is 6.35. The fraction of sp³-hybridized carbons (Fsp3) is 0.308. The number of hydrogen-bond donors (Lipinski definition) is 2. The number of esters is 1. The number of benzene rings is 2. The second kappa shape index (κ2) is 12.4. The SMILES string of the molecule is O=C(O[C@@H](Cc1c(Cl)c[n+]([O-])cc1Cl)c1ccc(OC(F)F)c(OCC2CC2)c1)C(O)(O)c1ccc([N+](=O)[O-])cc1. The van der Waals surface area contributed by atoms with E-state index in [-0.39, 0.29) is 57.3 Å². The minimum atomic E-state index is -3.25. The van der Waals surface area contributed by atoms with Crippen LogP contribution in [0.1, 0.15) is 35.6 Å². The monoisotopic (exact) mass is 614 g/mol. The molecule has 41 heavy (non-hydrogen) atoms. The van der Waals surface area contributed by atoms with E-state index in [0.29, 0.717) is 4.73 Å². The lowest BCUT2D eigenvalue weighted by molar-refractivity contribution is -0.605. The van der Waals surface area contributed by atoms with Crippen LogP contribution in [0.2, 0.25) is 10.0 Å². The number of rotatable bonds is 12. The zero-order chi connectivity index (χ0) is 29.9. The highest BCUT2D eigenvalue weighted by atomic mass is 35.5. The third kappa shape index (κ3) is 7.50. The van der Waals surface area contributed by atoms with Gasteiger partial charge in [-0.3, -0.25) is 10.1 Å². The molecule has 0 bridgehead atoms. The van der Waals surface area contributed by atoms with E-state index in [9.17, 15) is 39.1 Å². The Morgan fingerprint density at radius 2 is 1.73 bits per heavy atom. The van der Waals surface area contributed by atoms with E-state index < -0.39 is 35.0 Å². The number of pyridine rings is 1. The predicted molar refractivity (Wildman–Crippen MR) is 138 cm³/mol. The largest absolute Gasteiger partial charge is 0.619 e. The summed E-state index contributed by atoms with van der Waals surface area (Å²) in [6.07, 6.45) is 2.16. The number of aliphatic hydroxyl groups is 2. The van der Waals surface area contributed by atoms with E-state index >= 15 is 0 Å². The van der Waals surface area contributed by atoms with E-state index in [1.807, 2.05) is 0 Å². The number of hydrogen-bond acceptors (Lipinski definition) is 9. The maximum absolute atomic E-state index is 13.1. The number of alkyl halides is 2. The normalized spacial score (nSPS) is 14.0. The van der Waals surface area contributed by atoms with Crippen LogP contribution >= 0.6 is 23.2 Å². The highest BCUT2D eigenvalue weighted by Crippen LogP contribution is 2.38. The maximum Gasteiger partial charge on any atom is 0.387 e. The molecule has 1 saturated carbocycles. The topological polar surface area (TPSA) is 155 Å². The number of ether oxygens (including phenoxy) is 3. The van der Waals surface area contributed by atoms with Gasteiger partial charge in [-0.1, -0.05) is 29.3 Å². The molecule has 0 unspecified atom stereocenters. The number of carbonyl (C=O) groups excluding carboxylic acids is 1. The lowest BCUT2D eigenvalue weighted by Crippen LogP contribution is -2.38. The second-order valence-electron chi connectivity index (χ2n) is 9.21. The molecule has 2 N–H and O–H groups in total. The molecular formula is C26H22Cl2F2N2O9. The number of halogens is 4. The smallest absolute Gasteiger partial charge is 0.387 e. The van der Waals surface area contributed by atoms with E-state index in [2.05, 4.69) is 4.74 Å². The van der Waals surface area contributed by atoms with Crippen molar-refractivity contribution in [2.24, 2.45) is 5.92 Å². The van der Waals surface area contributed by atoms with Gasteiger partial charge in [-0.25, -0.2) is 4.79 Å². The molecule has 1 aliphatic carbocycles. The number of aromatic nitrogens is 1. The van der Waals surface area contributed by atoms with Crippen LogP contribution in [-0.2, 0) is 21.7 Å². The molecule has 0 radical (unpaired) electrons. The third-order valence-electron chi connectivity index (χ3n) is 6.19. The molecule has 2 aromatic carbocycles. The van der Waals surface area contributed by atoms with Crippen molar-refractivity contribution in [1.82, 2.24) is 0 Å². The van der Waals surface area contributed by atoms with E-state index in [0.717, 1.165) is 49.5 Å². The number of nitro groups is 1. The average Bonchev–Trinajstić information content (AvgIpc) is 3.73. The van der Waals surface area contributed by atoms with Crippen molar-refractivity contribution in [2.45, 2.75) is 37.8 Å². The Balaban J connectivity index is 1.70. The summed E-state index contributed by atoms with van der Waals surface area (Å²) in [7, 11) is 0. The Bertz CT molecular complexity index is 1410. The Morgan fingerprint density at radius 1 is 1.10 bits per heavy atom. The third-order valence-corrected chi connectivity index (χ3v) is 6.84. The fourth-order valence-electron chi connectivity index (χ4n) is 3.81. The summed E-state index contributed by atoms with van der Waals surface area (Å²) >= 11 is 12.4. The lowest BCUT2D eigenvalue weighted by Gasteiger charge is -2.26. The van der Waals surface area contributed by atoms with Crippen LogP contribution in [0.4, 0.5) is 14.5 Å². The highest BCUT2D eigenvalue weighted by Gasteiger charge is 2.40. The van der Waals surface area contributed by atoms with Gasteiger partial charge in [0.25, 0.3) is 11.5 Å². The van der Waals surface area contributed by atoms with Crippen LogP contribution in [0.15, 0.2) is 54.9 Å². The summed E-state index contributed by atoms with van der Waals surface area (Å²) in [6.45, 7) is -2.92. The van der Waals surface area contributed by atoms with Crippen LogP contribution in [-0.4, -0.2) is 34.3 Å². The van der Waals surface area contributed by atoms with Gasteiger partial charge >= 0.3 is 12.6 Å². The summed E-state index contributed by atoms with van der Waals surface area (Å²) < 4.78 is 42.1. The molecule has 1 fully saturated rings. The van der Waals surface area contributed by atoms with Crippen molar-refractivity contribution in [3.8, 4) is 11.5 Å². The number of nitrogens with zero attached hydrogens (tertiary/aromatic N) is 2. The number of carbonyl (C=O) groups is 1. The van der Waals surface area contributed by atoms with Crippen LogP contribution in [0, 0.1) is 21.2 Å². The van der Waals surface area contributed by atoms with Gasteiger partial charge in [0.2, 0.25) is 0 Å². The standard InChI is InChI=1S/C26H22Cl2F2N2O9/c27-19-11-31(36)12-20(28)18(19)10-22(40-24(33)26(34,35)16-4-6-17(7-5-16)32(37)38)15-3-8-21(41-25(29)30)23(9-15)39-13-14-1-2-14/h3-9,11-12,14,22,25,34-35H,1-2,10,13H2/t22-/m0/s1. The molecule has 0 spiro atoms. The van der Waals surface area contributed by atoms with Gasteiger partial charge in [0.05, 0.1) is 11.5 Å². The average molecular weight is 615 g/mol. The van der Waals surface area contributed by atoms with E-state index in [4.69, 9.17) is 32.7 Å². The molecule has 0 aliphatic heterocycles. The first-order valence-electron chi connectivity index (χ1n) is 12.0. The molecular weight excluding hydrogens is 593 g/mol. The van der Waals surface area contributed by atoms with Crippen LogP contribution in [0.5, 0.6) is 11.5 Å². The van der Waals surface area contributed by atoms with Crippen molar-refractivity contribution in [2.75, 3.05) is 6.61 Å². The predicted octanol–water partition coefficient (Wildman–Crippen LogP) is 4.59. The molecule has 1 aliphatic rings. The summed E-state index contributed by atoms with van der Waals surface area (Å²) in [5.41, 5.74) is -0.478. The van der Waals surface area contributed by atoms with E-state index in [1.54, 1.807) is 0 Å². The van der Waals surface area contributed by atoms with Gasteiger partial charge in [0.15, 0.2) is 23.9 Å². The first kappa shape index (κ1) is 30.2. The van der Waals surface area contributed by atoms with Crippen LogP contribution in [0.25, 0.3) is 0 Å². The van der Waals surface area contributed by atoms with Gasteiger partial charge in [-0.2, -0.15) is 13.5 Å². The van der Waals surface area contributed by atoms with Crippen molar-refractivity contribution >= 4 is 34.9 Å². The lowest BCUT2D eigenvalue weighted by atomic mass is 10.0. The molecule has 0 amide bonds.